The summed E-state index contributed by atoms with van der Waals surface area (Å²) in [7, 11) is 0. The van der Waals surface area contributed by atoms with Crippen molar-refractivity contribution in [3.05, 3.63) is 77.1 Å². The predicted molar refractivity (Wildman–Crippen MR) is 100 cm³/mol. The van der Waals surface area contributed by atoms with Gasteiger partial charge in [0.05, 0.1) is 5.56 Å². The molecule has 2 aromatic carbocycles. The Bertz CT molecular complexity index is 974. The van der Waals surface area contributed by atoms with Crippen molar-refractivity contribution in [2.45, 2.75) is 20.3 Å². The first-order chi connectivity index (χ1) is 13.0. The lowest BCUT2D eigenvalue weighted by Crippen LogP contribution is -2.15. The molecule has 0 saturated heterocycles. The van der Waals surface area contributed by atoms with Crippen LogP contribution in [0.2, 0.25) is 0 Å². The largest absolute Gasteiger partial charge is 0.324 e. The number of nitrogens with zero attached hydrogens (tertiary/aromatic N) is 2. The van der Waals surface area contributed by atoms with Gasteiger partial charge in [-0.05, 0) is 36.6 Å². The molecule has 138 valence electrons. The first-order valence-electron chi connectivity index (χ1n) is 8.42. The number of hydrogen-bond donors (Lipinski definition) is 2. The Kier molecular flexibility index (Phi) is 5.40. The van der Waals surface area contributed by atoms with Gasteiger partial charge in [-0.3, -0.25) is 4.79 Å². The van der Waals surface area contributed by atoms with Gasteiger partial charge in [-0.15, -0.1) is 0 Å². The second-order valence-electron chi connectivity index (χ2n) is 5.97. The highest BCUT2D eigenvalue weighted by Gasteiger charge is 2.12. The van der Waals surface area contributed by atoms with Crippen molar-refractivity contribution in [1.29, 1.82) is 0 Å². The van der Waals surface area contributed by atoms with E-state index in [2.05, 4.69) is 20.6 Å². The van der Waals surface area contributed by atoms with Crippen LogP contribution in [0, 0.1) is 18.6 Å². The third kappa shape index (κ3) is 4.25. The lowest BCUT2D eigenvalue weighted by molar-refractivity contribution is 0.102. The number of para-hydroxylation sites is 1. The van der Waals surface area contributed by atoms with Crippen molar-refractivity contribution in [1.82, 2.24) is 9.97 Å². The zero-order valence-electron chi connectivity index (χ0n) is 14.9. The van der Waals surface area contributed by atoms with Gasteiger partial charge in [0.15, 0.2) is 11.6 Å². The Labute approximate surface area is 155 Å². The van der Waals surface area contributed by atoms with E-state index in [0.717, 1.165) is 35.4 Å². The fourth-order valence-electron chi connectivity index (χ4n) is 2.60. The summed E-state index contributed by atoms with van der Waals surface area (Å²) in [5, 5.41) is 5.65. The minimum Gasteiger partial charge on any atom is -0.324 e. The maximum atomic E-state index is 13.2. The third-order valence-electron chi connectivity index (χ3n) is 4.07. The van der Waals surface area contributed by atoms with E-state index < -0.39 is 11.6 Å². The summed E-state index contributed by atoms with van der Waals surface area (Å²) < 4.78 is 26.2. The molecule has 5 nitrogen and oxygen atoms in total. The van der Waals surface area contributed by atoms with Gasteiger partial charge in [-0.25, -0.2) is 18.7 Å². The summed E-state index contributed by atoms with van der Waals surface area (Å²) in [4.78, 5) is 20.6. The Morgan fingerprint density at radius 1 is 1.07 bits per heavy atom. The number of benzene rings is 2. The van der Waals surface area contributed by atoms with Crippen molar-refractivity contribution in [2.24, 2.45) is 0 Å². The van der Waals surface area contributed by atoms with Gasteiger partial charge in [-0.2, -0.15) is 0 Å². The highest BCUT2D eigenvalue weighted by atomic mass is 19.2. The average Bonchev–Trinajstić information content (AvgIpc) is 2.67. The fourth-order valence-corrected chi connectivity index (χ4v) is 2.60. The number of halogens is 2. The molecule has 0 saturated carbocycles. The molecule has 0 radical (unpaired) electrons. The maximum Gasteiger partial charge on any atom is 0.258 e. The standard InChI is InChI=1S/C20H18F2N4O/c1-3-13-6-4-5-12(2)18(13)26-19(27)14-10-23-20(24-11-14)25-15-7-8-16(21)17(22)9-15/h4-11H,3H2,1-2H3,(H,26,27)(H,23,24,25). The van der Waals surface area contributed by atoms with Crippen molar-refractivity contribution >= 4 is 23.2 Å². The molecule has 0 aliphatic rings. The number of aryl methyl sites for hydroxylation is 2. The summed E-state index contributed by atoms with van der Waals surface area (Å²) in [5.41, 5.74) is 3.39. The van der Waals surface area contributed by atoms with Crippen LogP contribution in [0.3, 0.4) is 0 Å². The number of hydrogen-bond acceptors (Lipinski definition) is 4. The van der Waals surface area contributed by atoms with E-state index in [0.29, 0.717) is 5.69 Å². The molecule has 3 rings (SSSR count). The molecule has 2 N–H and O–H groups in total. The van der Waals surface area contributed by atoms with Crippen LogP contribution < -0.4 is 10.6 Å². The normalized spacial score (nSPS) is 10.5. The van der Waals surface area contributed by atoms with E-state index in [4.69, 9.17) is 0 Å². The smallest absolute Gasteiger partial charge is 0.258 e. The van der Waals surface area contributed by atoms with E-state index in [1.807, 2.05) is 32.0 Å². The number of carbonyl (C=O) groups excluding carboxylic acids is 1. The topological polar surface area (TPSA) is 66.9 Å². The summed E-state index contributed by atoms with van der Waals surface area (Å²) in [6.07, 6.45) is 3.54. The number of aromatic nitrogens is 2. The molecule has 1 aromatic heterocycles. The quantitative estimate of drug-likeness (QED) is 0.689. The zero-order chi connectivity index (χ0) is 19.4. The van der Waals surface area contributed by atoms with E-state index in [9.17, 15) is 13.6 Å². The van der Waals surface area contributed by atoms with Gasteiger partial charge < -0.3 is 10.6 Å². The average molecular weight is 368 g/mol. The molecule has 0 spiro atoms. The lowest BCUT2D eigenvalue weighted by Gasteiger charge is -2.13. The molecular formula is C20H18F2N4O. The summed E-state index contributed by atoms with van der Waals surface area (Å²) in [6, 6.07) is 9.23. The molecule has 0 bridgehead atoms. The van der Waals surface area contributed by atoms with Crippen molar-refractivity contribution < 1.29 is 13.6 Å². The zero-order valence-corrected chi connectivity index (χ0v) is 14.9. The van der Waals surface area contributed by atoms with Crippen LogP contribution in [0.5, 0.6) is 0 Å². The van der Waals surface area contributed by atoms with Gasteiger partial charge >= 0.3 is 0 Å². The predicted octanol–water partition coefficient (Wildman–Crippen LogP) is 4.62. The van der Waals surface area contributed by atoms with Crippen LogP contribution in [0.15, 0.2) is 48.8 Å². The fraction of sp³-hybridized carbons (Fsp3) is 0.150. The highest BCUT2D eigenvalue weighted by molar-refractivity contribution is 6.04. The molecule has 1 heterocycles. The first-order valence-corrected chi connectivity index (χ1v) is 8.42. The van der Waals surface area contributed by atoms with Crippen LogP contribution in [-0.2, 0) is 6.42 Å². The lowest BCUT2D eigenvalue weighted by atomic mass is 10.1. The van der Waals surface area contributed by atoms with E-state index in [1.54, 1.807) is 0 Å². The van der Waals surface area contributed by atoms with E-state index in [1.165, 1.54) is 18.5 Å². The molecule has 0 aliphatic carbocycles. The molecule has 0 unspecified atom stereocenters. The molecule has 1 amide bonds. The Morgan fingerprint density at radius 3 is 2.48 bits per heavy atom. The van der Waals surface area contributed by atoms with E-state index >= 15 is 0 Å². The number of amides is 1. The maximum absolute atomic E-state index is 13.2. The van der Waals surface area contributed by atoms with Crippen LogP contribution in [0.25, 0.3) is 0 Å². The van der Waals surface area contributed by atoms with Crippen molar-refractivity contribution in [3.63, 3.8) is 0 Å². The Balaban J connectivity index is 1.73. The molecule has 3 aromatic rings. The minimum absolute atomic E-state index is 0.169. The van der Waals surface area contributed by atoms with Crippen molar-refractivity contribution in [3.8, 4) is 0 Å². The van der Waals surface area contributed by atoms with Crippen LogP contribution in [0.4, 0.5) is 26.1 Å². The summed E-state index contributed by atoms with van der Waals surface area (Å²) >= 11 is 0. The van der Waals surface area contributed by atoms with Crippen LogP contribution >= 0.6 is 0 Å². The molecule has 0 fully saturated rings. The van der Waals surface area contributed by atoms with Crippen LogP contribution in [-0.4, -0.2) is 15.9 Å². The van der Waals surface area contributed by atoms with Gasteiger partial charge in [0, 0.05) is 29.8 Å². The van der Waals surface area contributed by atoms with Gasteiger partial charge in [0.2, 0.25) is 5.95 Å². The van der Waals surface area contributed by atoms with E-state index in [-0.39, 0.29) is 17.4 Å². The summed E-state index contributed by atoms with van der Waals surface area (Å²) in [5.74, 6) is -2.06. The second-order valence-corrected chi connectivity index (χ2v) is 5.97. The van der Waals surface area contributed by atoms with Gasteiger partial charge in [-0.1, -0.05) is 25.1 Å². The molecule has 0 atom stereocenters. The Morgan fingerprint density at radius 2 is 1.81 bits per heavy atom. The molecular weight excluding hydrogens is 350 g/mol. The summed E-state index contributed by atoms with van der Waals surface area (Å²) in [6.45, 7) is 3.95. The van der Waals surface area contributed by atoms with Crippen molar-refractivity contribution in [2.75, 3.05) is 10.6 Å². The van der Waals surface area contributed by atoms with Gasteiger partial charge in [0.1, 0.15) is 0 Å². The number of anilines is 3. The second kappa shape index (κ2) is 7.90. The van der Waals surface area contributed by atoms with Crippen LogP contribution in [0.1, 0.15) is 28.4 Å². The molecule has 27 heavy (non-hydrogen) atoms. The molecule has 0 aliphatic heterocycles. The number of nitrogens with one attached hydrogen (secondary N) is 2. The highest BCUT2D eigenvalue weighted by Crippen LogP contribution is 2.22. The third-order valence-corrected chi connectivity index (χ3v) is 4.07. The monoisotopic (exact) mass is 368 g/mol. The molecule has 7 heteroatoms. The first kappa shape index (κ1) is 18.4. The van der Waals surface area contributed by atoms with Gasteiger partial charge in [0.25, 0.3) is 5.91 Å². The SMILES string of the molecule is CCc1cccc(C)c1NC(=O)c1cnc(Nc2ccc(F)c(F)c2)nc1. The Hall–Kier alpha value is -3.35. The number of carbonyl (C=O) groups is 1. The minimum atomic E-state index is -0.971. The number of rotatable bonds is 5.